The van der Waals surface area contributed by atoms with E-state index < -0.39 is 0 Å². The fourth-order valence-corrected chi connectivity index (χ4v) is 3.42. The molecule has 3 heteroatoms. The van der Waals surface area contributed by atoms with Crippen molar-refractivity contribution in [2.75, 3.05) is 0 Å². The summed E-state index contributed by atoms with van der Waals surface area (Å²) in [6, 6.07) is 0.422. The van der Waals surface area contributed by atoms with Gasteiger partial charge in [0.25, 0.3) is 0 Å². The Morgan fingerprint density at radius 2 is 1.85 bits per heavy atom. The van der Waals surface area contributed by atoms with Gasteiger partial charge in [-0.15, -0.1) is 0 Å². The Labute approximate surface area is 124 Å². The van der Waals surface area contributed by atoms with Gasteiger partial charge in [0.05, 0.1) is 12.2 Å². The fourth-order valence-electron chi connectivity index (χ4n) is 3.42. The number of rotatable bonds is 7. The van der Waals surface area contributed by atoms with E-state index in [1.165, 1.54) is 19.3 Å². The first-order valence-corrected chi connectivity index (χ1v) is 8.52. The van der Waals surface area contributed by atoms with E-state index >= 15 is 0 Å². The predicted molar refractivity (Wildman–Crippen MR) is 83.3 cm³/mol. The van der Waals surface area contributed by atoms with Crippen LogP contribution in [0.1, 0.15) is 66.7 Å². The minimum atomic E-state index is 0.0328. The third-order valence-electron chi connectivity index (χ3n) is 4.98. The molecule has 1 aliphatic heterocycles. The van der Waals surface area contributed by atoms with Crippen molar-refractivity contribution in [2.24, 2.45) is 17.8 Å². The maximum absolute atomic E-state index is 12.8. The Kier molecular flexibility index (Phi) is 5.11. The van der Waals surface area contributed by atoms with Crippen LogP contribution in [0.4, 0.5) is 0 Å². The molecule has 2 aliphatic rings. The molecule has 0 radical (unpaired) electrons. The molecule has 116 valence electrons. The average molecular weight is 280 g/mol. The summed E-state index contributed by atoms with van der Waals surface area (Å²) in [5.74, 6) is 2.26. The van der Waals surface area contributed by atoms with Crippen LogP contribution in [0.15, 0.2) is 0 Å². The lowest BCUT2D eigenvalue weighted by atomic mass is 9.99. The molecule has 3 nitrogen and oxygen atoms in total. The lowest BCUT2D eigenvalue weighted by Gasteiger charge is -2.31. The van der Waals surface area contributed by atoms with E-state index in [4.69, 9.17) is 0 Å². The second-order valence-corrected chi connectivity index (χ2v) is 7.45. The van der Waals surface area contributed by atoms with Crippen molar-refractivity contribution in [3.05, 3.63) is 0 Å². The Morgan fingerprint density at radius 1 is 1.20 bits per heavy atom. The minimum absolute atomic E-state index is 0.0328. The van der Waals surface area contributed by atoms with Gasteiger partial charge in [0.2, 0.25) is 5.91 Å². The van der Waals surface area contributed by atoms with Gasteiger partial charge in [-0.05, 0) is 37.5 Å². The number of carbonyl (C=O) groups is 1. The minimum Gasteiger partial charge on any atom is -0.323 e. The zero-order valence-corrected chi connectivity index (χ0v) is 13.9. The Morgan fingerprint density at radius 3 is 2.35 bits per heavy atom. The number of hydrogen-bond acceptors (Lipinski definition) is 2. The lowest BCUT2D eigenvalue weighted by molar-refractivity contribution is -0.133. The van der Waals surface area contributed by atoms with Gasteiger partial charge in [-0.25, -0.2) is 0 Å². The third kappa shape index (κ3) is 3.55. The monoisotopic (exact) mass is 280 g/mol. The molecule has 1 saturated heterocycles. The molecule has 0 bridgehead atoms. The van der Waals surface area contributed by atoms with E-state index in [-0.39, 0.29) is 12.2 Å². The Hall–Kier alpha value is -0.570. The van der Waals surface area contributed by atoms with Crippen molar-refractivity contribution in [1.82, 2.24) is 10.2 Å². The molecule has 0 spiro atoms. The van der Waals surface area contributed by atoms with Gasteiger partial charge in [0.1, 0.15) is 0 Å². The molecule has 1 saturated carbocycles. The van der Waals surface area contributed by atoms with Crippen LogP contribution in [-0.2, 0) is 4.79 Å². The average Bonchev–Trinajstić information content (AvgIpc) is 3.12. The van der Waals surface area contributed by atoms with Crippen molar-refractivity contribution in [3.8, 4) is 0 Å². The third-order valence-corrected chi connectivity index (χ3v) is 4.98. The molecule has 0 aromatic carbocycles. The van der Waals surface area contributed by atoms with Gasteiger partial charge in [-0.1, -0.05) is 47.0 Å². The van der Waals surface area contributed by atoms with Crippen molar-refractivity contribution in [1.29, 1.82) is 0 Å². The zero-order valence-electron chi connectivity index (χ0n) is 13.9. The van der Waals surface area contributed by atoms with E-state index in [1.54, 1.807) is 0 Å². The normalized spacial score (nSPS) is 30.1. The summed E-state index contributed by atoms with van der Waals surface area (Å²) in [7, 11) is 0. The highest BCUT2D eigenvalue weighted by molar-refractivity contribution is 5.85. The first-order valence-electron chi connectivity index (χ1n) is 8.52. The molecule has 1 aliphatic carbocycles. The molecule has 1 heterocycles. The summed E-state index contributed by atoms with van der Waals surface area (Å²) in [5.41, 5.74) is 0. The van der Waals surface area contributed by atoms with Crippen LogP contribution in [0.25, 0.3) is 0 Å². The van der Waals surface area contributed by atoms with E-state index in [0.29, 0.717) is 23.8 Å². The SMILES string of the molecule is CCC(C)C1NC(CC(C)C)N(C(C)CC2CC2)C1=O. The molecule has 20 heavy (non-hydrogen) atoms. The molecule has 2 fully saturated rings. The summed E-state index contributed by atoms with van der Waals surface area (Å²) < 4.78 is 0. The van der Waals surface area contributed by atoms with E-state index in [2.05, 4.69) is 44.8 Å². The van der Waals surface area contributed by atoms with Crippen LogP contribution in [-0.4, -0.2) is 29.1 Å². The number of amides is 1. The molecule has 1 amide bonds. The first kappa shape index (κ1) is 15.8. The largest absolute Gasteiger partial charge is 0.323 e. The molecule has 0 aromatic heterocycles. The van der Waals surface area contributed by atoms with Crippen LogP contribution in [0.3, 0.4) is 0 Å². The quantitative estimate of drug-likeness (QED) is 0.775. The van der Waals surface area contributed by atoms with Crippen molar-refractivity contribution >= 4 is 5.91 Å². The van der Waals surface area contributed by atoms with Gasteiger partial charge in [-0.2, -0.15) is 0 Å². The van der Waals surface area contributed by atoms with E-state index in [0.717, 1.165) is 18.8 Å². The number of carbonyl (C=O) groups excluding carboxylic acids is 1. The van der Waals surface area contributed by atoms with E-state index in [1.807, 2.05) is 0 Å². The predicted octanol–water partition coefficient (Wildman–Crippen LogP) is 3.39. The van der Waals surface area contributed by atoms with E-state index in [9.17, 15) is 4.79 Å². The highest BCUT2D eigenvalue weighted by Crippen LogP contribution is 2.36. The molecule has 2 rings (SSSR count). The van der Waals surface area contributed by atoms with Crippen molar-refractivity contribution < 1.29 is 4.79 Å². The van der Waals surface area contributed by atoms with Crippen LogP contribution in [0.5, 0.6) is 0 Å². The number of nitrogens with one attached hydrogen (secondary N) is 1. The smallest absolute Gasteiger partial charge is 0.241 e. The van der Waals surface area contributed by atoms with Gasteiger partial charge < -0.3 is 4.90 Å². The molecule has 4 atom stereocenters. The molecular weight excluding hydrogens is 248 g/mol. The summed E-state index contributed by atoms with van der Waals surface area (Å²) in [6.07, 6.45) is 6.29. The first-order chi connectivity index (χ1) is 9.43. The molecule has 4 unspecified atom stereocenters. The van der Waals surface area contributed by atoms with Gasteiger partial charge >= 0.3 is 0 Å². The Bertz CT molecular complexity index is 338. The van der Waals surface area contributed by atoms with Crippen LogP contribution in [0, 0.1) is 17.8 Å². The van der Waals surface area contributed by atoms with Crippen LogP contribution in [0.2, 0.25) is 0 Å². The second-order valence-electron chi connectivity index (χ2n) is 7.45. The lowest BCUT2D eigenvalue weighted by Crippen LogP contribution is -2.44. The van der Waals surface area contributed by atoms with Crippen molar-refractivity contribution in [3.63, 3.8) is 0 Å². The van der Waals surface area contributed by atoms with Crippen LogP contribution < -0.4 is 5.32 Å². The maximum Gasteiger partial charge on any atom is 0.241 e. The molecular formula is C17H32N2O. The Balaban J connectivity index is 2.07. The summed E-state index contributed by atoms with van der Waals surface area (Å²) in [4.78, 5) is 15.0. The van der Waals surface area contributed by atoms with Crippen LogP contribution >= 0.6 is 0 Å². The van der Waals surface area contributed by atoms with Gasteiger partial charge in [0.15, 0.2) is 0 Å². The molecule has 0 aromatic rings. The summed E-state index contributed by atoms with van der Waals surface area (Å²) in [5, 5.41) is 3.62. The summed E-state index contributed by atoms with van der Waals surface area (Å²) >= 11 is 0. The fraction of sp³-hybridized carbons (Fsp3) is 0.941. The highest BCUT2D eigenvalue weighted by atomic mass is 16.2. The standard InChI is InChI=1S/C17H32N2O/c1-6-12(4)16-17(20)19(13(5)10-14-7-8-14)15(18-16)9-11(2)3/h11-16,18H,6-10H2,1-5H3. The maximum atomic E-state index is 12.8. The van der Waals surface area contributed by atoms with Gasteiger partial charge in [0, 0.05) is 6.04 Å². The summed E-state index contributed by atoms with van der Waals surface area (Å²) in [6.45, 7) is 11.1. The van der Waals surface area contributed by atoms with Crippen molar-refractivity contribution in [2.45, 2.75) is 85.0 Å². The topological polar surface area (TPSA) is 32.3 Å². The number of nitrogens with zero attached hydrogens (tertiary/aromatic N) is 1. The van der Waals surface area contributed by atoms with Gasteiger partial charge in [-0.3, -0.25) is 10.1 Å². The second kappa shape index (κ2) is 6.46. The highest BCUT2D eigenvalue weighted by Gasteiger charge is 2.43. The zero-order chi connectivity index (χ0) is 14.9. The molecule has 1 N–H and O–H groups in total. The number of hydrogen-bond donors (Lipinski definition) is 1.